The number of nitrogens with one attached hydrogen (secondary N) is 1. The Bertz CT molecular complexity index is 405. The minimum Gasteiger partial charge on any atom is -0.497 e. The lowest BCUT2D eigenvalue weighted by atomic mass is 9.91. The van der Waals surface area contributed by atoms with Crippen molar-refractivity contribution in [1.82, 2.24) is 5.32 Å². The van der Waals surface area contributed by atoms with E-state index in [0.29, 0.717) is 23.8 Å². The fourth-order valence-electron chi connectivity index (χ4n) is 2.53. The predicted molar refractivity (Wildman–Crippen MR) is 72.9 cm³/mol. The van der Waals surface area contributed by atoms with Crippen molar-refractivity contribution in [3.8, 4) is 5.75 Å². The van der Waals surface area contributed by atoms with Gasteiger partial charge in [0, 0.05) is 30.2 Å². The van der Waals surface area contributed by atoms with E-state index in [1.165, 1.54) is 6.07 Å². The van der Waals surface area contributed by atoms with Crippen LogP contribution >= 0.6 is 0 Å². The van der Waals surface area contributed by atoms with Crippen LogP contribution in [0.4, 0.5) is 4.39 Å². The lowest BCUT2D eigenvalue weighted by molar-refractivity contribution is 0.176. The largest absolute Gasteiger partial charge is 0.497 e. The maximum absolute atomic E-state index is 14.2. The Morgan fingerprint density at radius 1 is 1.53 bits per heavy atom. The zero-order valence-electron chi connectivity index (χ0n) is 11.6. The summed E-state index contributed by atoms with van der Waals surface area (Å²) < 4.78 is 24.7. The first-order valence-electron chi connectivity index (χ1n) is 6.90. The summed E-state index contributed by atoms with van der Waals surface area (Å²) in [6, 6.07) is 5.11. The van der Waals surface area contributed by atoms with Crippen molar-refractivity contribution in [2.45, 2.75) is 25.8 Å². The van der Waals surface area contributed by atoms with Gasteiger partial charge in [0.05, 0.1) is 13.7 Å². The van der Waals surface area contributed by atoms with Crippen molar-refractivity contribution >= 4 is 0 Å². The third-order valence-corrected chi connectivity index (χ3v) is 3.59. The molecular formula is C15H22FNO2. The van der Waals surface area contributed by atoms with E-state index in [9.17, 15) is 4.39 Å². The molecule has 0 aromatic heterocycles. The number of rotatable bonds is 6. The molecule has 2 atom stereocenters. The molecule has 0 amide bonds. The van der Waals surface area contributed by atoms with Gasteiger partial charge in [0.15, 0.2) is 0 Å². The minimum atomic E-state index is -0.208. The van der Waals surface area contributed by atoms with E-state index in [0.717, 1.165) is 26.0 Å². The highest BCUT2D eigenvalue weighted by atomic mass is 19.1. The zero-order chi connectivity index (χ0) is 13.7. The third-order valence-electron chi connectivity index (χ3n) is 3.59. The lowest BCUT2D eigenvalue weighted by Crippen LogP contribution is -2.30. The fourth-order valence-corrected chi connectivity index (χ4v) is 2.53. The Balaban J connectivity index is 2.20. The van der Waals surface area contributed by atoms with Crippen molar-refractivity contribution in [2.75, 3.05) is 26.9 Å². The van der Waals surface area contributed by atoms with Crippen LogP contribution in [-0.2, 0) is 4.74 Å². The molecule has 1 aromatic carbocycles. The van der Waals surface area contributed by atoms with E-state index in [4.69, 9.17) is 9.47 Å². The number of hydrogen-bond acceptors (Lipinski definition) is 3. The van der Waals surface area contributed by atoms with E-state index >= 15 is 0 Å². The van der Waals surface area contributed by atoms with Crippen LogP contribution in [0.3, 0.4) is 0 Å². The molecule has 1 saturated heterocycles. The van der Waals surface area contributed by atoms with Crippen LogP contribution < -0.4 is 10.1 Å². The molecule has 4 heteroatoms. The molecule has 0 radical (unpaired) electrons. The van der Waals surface area contributed by atoms with Gasteiger partial charge in [-0.1, -0.05) is 13.0 Å². The second-order valence-corrected chi connectivity index (χ2v) is 4.94. The zero-order valence-corrected chi connectivity index (χ0v) is 11.6. The molecule has 1 aliphatic rings. The molecule has 2 unspecified atom stereocenters. The summed E-state index contributed by atoms with van der Waals surface area (Å²) in [5.74, 6) is 0.687. The second kappa shape index (κ2) is 6.87. The van der Waals surface area contributed by atoms with Gasteiger partial charge < -0.3 is 14.8 Å². The number of hydrogen-bond donors (Lipinski definition) is 1. The van der Waals surface area contributed by atoms with Gasteiger partial charge in [0.25, 0.3) is 0 Å². The molecule has 0 saturated carbocycles. The molecule has 0 bridgehead atoms. The van der Waals surface area contributed by atoms with Crippen LogP contribution in [0.5, 0.6) is 5.75 Å². The number of methoxy groups -OCH3 is 1. The van der Waals surface area contributed by atoms with Gasteiger partial charge in [-0.05, 0) is 25.5 Å². The second-order valence-electron chi connectivity index (χ2n) is 4.94. The first kappa shape index (κ1) is 14.3. The summed E-state index contributed by atoms with van der Waals surface area (Å²) in [5.41, 5.74) is 0.713. The Kier molecular flexibility index (Phi) is 5.16. The number of halogens is 1. The fraction of sp³-hybridized carbons (Fsp3) is 0.600. The summed E-state index contributed by atoms with van der Waals surface area (Å²) in [6.45, 7) is 4.46. The van der Waals surface area contributed by atoms with Crippen molar-refractivity contribution in [3.63, 3.8) is 0 Å². The minimum absolute atomic E-state index is 0.0216. The topological polar surface area (TPSA) is 30.5 Å². The van der Waals surface area contributed by atoms with Crippen LogP contribution in [0.15, 0.2) is 18.2 Å². The smallest absolute Gasteiger partial charge is 0.131 e. The summed E-state index contributed by atoms with van der Waals surface area (Å²) in [4.78, 5) is 0. The van der Waals surface area contributed by atoms with E-state index in [2.05, 4.69) is 12.2 Å². The van der Waals surface area contributed by atoms with Gasteiger partial charge in [0.2, 0.25) is 0 Å². The van der Waals surface area contributed by atoms with Crippen LogP contribution in [0.1, 0.15) is 31.4 Å². The van der Waals surface area contributed by atoms with Crippen molar-refractivity contribution < 1.29 is 13.9 Å². The van der Waals surface area contributed by atoms with Crippen molar-refractivity contribution in [2.24, 2.45) is 5.92 Å². The van der Waals surface area contributed by atoms with Crippen molar-refractivity contribution in [3.05, 3.63) is 29.6 Å². The summed E-state index contributed by atoms with van der Waals surface area (Å²) in [7, 11) is 1.55. The highest BCUT2D eigenvalue weighted by molar-refractivity contribution is 5.31. The van der Waals surface area contributed by atoms with Gasteiger partial charge >= 0.3 is 0 Å². The van der Waals surface area contributed by atoms with Gasteiger partial charge in [-0.25, -0.2) is 4.39 Å². The molecule has 0 spiro atoms. The molecule has 2 rings (SSSR count). The molecular weight excluding hydrogens is 245 g/mol. The molecule has 1 N–H and O–H groups in total. The average Bonchev–Trinajstić information content (AvgIpc) is 2.94. The SMILES string of the molecule is CCCNC(c1ccc(OC)cc1F)C1CCOC1. The molecule has 19 heavy (non-hydrogen) atoms. The molecule has 0 aliphatic carbocycles. The van der Waals surface area contributed by atoms with Crippen LogP contribution in [-0.4, -0.2) is 26.9 Å². The van der Waals surface area contributed by atoms with Gasteiger partial charge in [-0.15, -0.1) is 0 Å². The summed E-state index contributed by atoms with van der Waals surface area (Å²) in [5, 5.41) is 3.45. The van der Waals surface area contributed by atoms with Crippen molar-refractivity contribution in [1.29, 1.82) is 0 Å². The Morgan fingerprint density at radius 2 is 2.37 bits per heavy atom. The molecule has 1 aliphatic heterocycles. The van der Waals surface area contributed by atoms with Gasteiger partial charge in [-0.2, -0.15) is 0 Å². The van der Waals surface area contributed by atoms with E-state index in [1.54, 1.807) is 7.11 Å². The summed E-state index contributed by atoms with van der Waals surface area (Å²) >= 11 is 0. The Morgan fingerprint density at radius 3 is 2.95 bits per heavy atom. The maximum atomic E-state index is 14.2. The van der Waals surface area contributed by atoms with Gasteiger partial charge in [-0.3, -0.25) is 0 Å². The van der Waals surface area contributed by atoms with Crippen LogP contribution in [0, 0.1) is 11.7 Å². The average molecular weight is 267 g/mol. The standard InChI is InChI=1S/C15H22FNO2/c1-3-7-17-15(11-6-8-19-10-11)13-5-4-12(18-2)9-14(13)16/h4-5,9,11,15,17H,3,6-8,10H2,1-2H3. The first-order valence-corrected chi connectivity index (χ1v) is 6.90. The van der Waals surface area contributed by atoms with Gasteiger partial charge in [0.1, 0.15) is 11.6 Å². The molecule has 1 heterocycles. The van der Waals surface area contributed by atoms with Crippen LogP contribution in [0.2, 0.25) is 0 Å². The molecule has 1 fully saturated rings. The van der Waals surface area contributed by atoms with E-state index in [-0.39, 0.29) is 11.9 Å². The predicted octanol–water partition coefficient (Wildman–Crippen LogP) is 2.91. The lowest BCUT2D eigenvalue weighted by Gasteiger charge is -2.25. The van der Waals surface area contributed by atoms with E-state index in [1.807, 2.05) is 12.1 Å². The highest BCUT2D eigenvalue weighted by Gasteiger charge is 2.28. The Labute approximate surface area is 114 Å². The highest BCUT2D eigenvalue weighted by Crippen LogP contribution is 2.31. The first-order chi connectivity index (χ1) is 9.26. The third kappa shape index (κ3) is 3.45. The number of benzene rings is 1. The molecule has 1 aromatic rings. The Hall–Kier alpha value is -1.13. The quantitative estimate of drug-likeness (QED) is 0.859. The summed E-state index contributed by atoms with van der Waals surface area (Å²) in [6.07, 6.45) is 2.01. The normalized spacial score (nSPS) is 20.5. The number of ether oxygens (including phenoxy) is 2. The monoisotopic (exact) mass is 267 g/mol. The molecule has 3 nitrogen and oxygen atoms in total. The van der Waals surface area contributed by atoms with Crippen LogP contribution in [0.25, 0.3) is 0 Å². The van der Waals surface area contributed by atoms with E-state index < -0.39 is 0 Å². The maximum Gasteiger partial charge on any atom is 0.131 e. The molecule has 106 valence electrons.